The molecule has 2 aliphatic rings. The van der Waals surface area contributed by atoms with Gasteiger partial charge >= 0.3 is 0 Å². The van der Waals surface area contributed by atoms with E-state index in [1.165, 1.54) is 28.5 Å². The number of ether oxygens (including phenoxy) is 1. The van der Waals surface area contributed by atoms with Gasteiger partial charge in [-0.2, -0.15) is 0 Å². The summed E-state index contributed by atoms with van der Waals surface area (Å²) in [6.07, 6.45) is 4.64. The average molecular weight is 514 g/mol. The van der Waals surface area contributed by atoms with Crippen LogP contribution in [0.2, 0.25) is 0 Å². The fourth-order valence-electron chi connectivity index (χ4n) is 5.14. The highest BCUT2D eigenvalue weighted by molar-refractivity contribution is 6.03. The van der Waals surface area contributed by atoms with E-state index in [4.69, 9.17) is 10.6 Å². The molecule has 200 valence electrons. The number of fused-ring (bicyclic) bond motifs is 1. The second-order valence-corrected chi connectivity index (χ2v) is 10.2. The van der Waals surface area contributed by atoms with Gasteiger partial charge in [-0.3, -0.25) is 19.2 Å². The van der Waals surface area contributed by atoms with E-state index in [9.17, 15) is 19.1 Å². The second-order valence-electron chi connectivity index (χ2n) is 10.2. The van der Waals surface area contributed by atoms with Crippen LogP contribution in [0, 0.1) is 0 Å². The molecule has 1 aliphatic carbocycles. The van der Waals surface area contributed by atoms with Crippen LogP contribution in [0.4, 0.5) is 4.39 Å². The number of nitrogens with zero attached hydrogens (tertiary/aromatic N) is 4. The Hall–Kier alpha value is -3.37. The Bertz CT molecular complexity index is 1270. The van der Waals surface area contributed by atoms with Crippen molar-refractivity contribution >= 4 is 22.7 Å². The van der Waals surface area contributed by atoms with Crippen molar-refractivity contribution in [3.63, 3.8) is 0 Å². The number of likely N-dealkylation sites (N-methyl/N-ethyl adjacent to an activating group) is 1. The van der Waals surface area contributed by atoms with Gasteiger partial charge in [0.25, 0.3) is 11.8 Å². The first kappa shape index (κ1) is 26.7. The van der Waals surface area contributed by atoms with Gasteiger partial charge in [0.05, 0.1) is 18.2 Å². The number of nitrogen functional groups attached to an aromatic ring is 1. The zero-order valence-electron chi connectivity index (χ0n) is 22.1. The van der Waals surface area contributed by atoms with Crippen molar-refractivity contribution < 1.29 is 23.8 Å². The molecule has 2 aromatic rings. The lowest BCUT2D eigenvalue weighted by atomic mass is 10.00. The highest BCUT2D eigenvalue weighted by atomic mass is 19.1. The molecule has 37 heavy (non-hydrogen) atoms. The van der Waals surface area contributed by atoms with Crippen LogP contribution in [0.5, 0.6) is 5.75 Å². The molecule has 9 nitrogen and oxygen atoms in total. The third-order valence-corrected chi connectivity index (χ3v) is 7.35. The lowest BCUT2D eigenvalue weighted by Crippen LogP contribution is -2.58. The zero-order chi connectivity index (χ0) is 27.0. The predicted octanol–water partition coefficient (Wildman–Crippen LogP) is 2.59. The number of benzene rings is 1. The van der Waals surface area contributed by atoms with Gasteiger partial charge in [-0.05, 0) is 32.4 Å². The monoisotopic (exact) mass is 513 g/mol. The predicted molar refractivity (Wildman–Crippen MR) is 140 cm³/mol. The molecular formula is C27H36FN5O4. The molecule has 2 amide bonds. The van der Waals surface area contributed by atoms with E-state index in [2.05, 4.69) is 11.8 Å². The van der Waals surface area contributed by atoms with Crippen LogP contribution in [0.15, 0.2) is 41.9 Å². The summed E-state index contributed by atoms with van der Waals surface area (Å²) >= 11 is 0. The molecular weight excluding hydrogens is 477 g/mol. The van der Waals surface area contributed by atoms with E-state index in [0.717, 1.165) is 6.54 Å². The number of piperazine rings is 1. The fraction of sp³-hybridized carbons (Fsp3) is 0.481. The van der Waals surface area contributed by atoms with Crippen molar-refractivity contribution in [2.24, 2.45) is 0 Å². The molecule has 1 saturated heterocycles. The zero-order valence-corrected chi connectivity index (χ0v) is 22.1. The van der Waals surface area contributed by atoms with Gasteiger partial charge in [0.2, 0.25) is 0 Å². The number of amides is 2. The summed E-state index contributed by atoms with van der Waals surface area (Å²) in [7, 11) is 4.62. The van der Waals surface area contributed by atoms with Crippen LogP contribution in [0.25, 0.3) is 10.9 Å². The molecule has 3 N–H and O–H groups in total. The minimum atomic E-state index is -1.42. The largest absolute Gasteiger partial charge is 0.496 e. The topological polar surface area (TPSA) is 104 Å². The van der Waals surface area contributed by atoms with Crippen molar-refractivity contribution in [3.8, 4) is 5.75 Å². The van der Waals surface area contributed by atoms with Gasteiger partial charge in [0.15, 0.2) is 6.10 Å². The quantitative estimate of drug-likeness (QED) is 0.576. The highest BCUT2D eigenvalue weighted by Crippen LogP contribution is 2.34. The normalized spacial score (nSPS) is 21.4. The van der Waals surface area contributed by atoms with Crippen LogP contribution >= 0.6 is 0 Å². The lowest BCUT2D eigenvalue weighted by molar-refractivity contribution is -0.137. The smallest absolute Gasteiger partial charge is 0.257 e. The summed E-state index contributed by atoms with van der Waals surface area (Å²) in [5, 5.41) is 11.2. The summed E-state index contributed by atoms with van der Waals surface area (Å²) in [4.78, 5) is 31.7. The Balaban J connectivity index is 1.62. The molecule has 3 atom stereocenters. The molecule has 1 unspecified atom stereocenters. The van der Waals surface area contributed by atoms with Crippen molar-refractivity contribution in [3.05, 3.63) is 53.0 Å². The number of hydrogen-bond donors (Lipinski definition) is 2. The number of allylic oxidation sites excluding steroid dienone is 3. The van der Waals surface area contributed by atoms with E-state index in [1.54, 1.807) is 32.3 Å². The van der Waals surface area contributed by atoms with Gasteiger partial charge in [0, 0.05) is 75.4 Å². The molecule has 1 aromatic heterocycles. The van der Waals surface area contributed by atoms with E-state index in [0.29, 0.717) is 53.7 Å². The molecule has 1 aliphatic heterocycles. The van der Waals surface area contributed by atoms with Crippen molar-refractivity contribution in [2.75, 3.05) is 46.7 Å². The van der Waals surface area contributed by atoms with Gasteiger partial charge in [-0.15, -0.1) is 0 Å². The maximum Gasteiger partial charge on any atom is 0.257 e. The number of nitrogens with two attached hydrogens (primary N) is 1. The molecule has 0 spiro atoms. The number of carbonyl (C=O) groups is 2. The number of aromatic nitrogens is 1. The third kappa shape index (κ3) is 5.21. The van der Waals surface area contributed by atoms with Crippen LogP contribution in [-0.4, -0.2) is 89.2 Å². The Morgan fingerprint density at radius 3 is 2.54 bits per heavy atom. The lowest BCUT2D eigenvalue weighted by Gasteiger charge is -2.44. The second kappa shape index (κ2) is 10.5. The number of halogens is 1. The SMILES string of the molecule is COc1cc2c(cc1C(=O)N1C[C@H](C)N(CC3=CC=C(F)CC3)C[C@H]1C)c(C(O)C(=O)N(C)C)cn2N. The van der Waals surface area contributed by atoms with E-state index in [-0.39, 0.29) is 23.8 Å². The van der Waals surface area contributed by atoms with Crippen molar-refractivity contribution in [1.29, 1.82) is 0 Å². The Labute approximate surface area is 216 Å². The molecule has 1 aromatic carbocycles. The third-order valence-electron chi connectivity index (χ3n) is 7.35. The number of carbonyl (C=O) groups excluding carboxylic acids is 2. The van der Waals surface area contributed by atoms with E-state index >= 15 is 0 Å². The van der Waals surface area contributed by atoms with Crippen molar-refractivity contribution in [1.82, 2.24) is 19.4 Å². The van der Waals surface area contributed by atoms with Crippen LogP contribution < -0.4 is 10.6 Å². The maximum atomic E-state index is 13.8. The fourth-order valence-corrected chi connectivity index (χ4v) is 5.14. The minimum Gasteiger partial charge on any atom is -0.496 e. The number of methoxy groups -OCH3 is 1. The Morgan fingerprint density at radius 1 is 1.19 bits per heavy atom. The summed E-state index contributed by atoms with van der Waals surface area (Å²) in [6.45, 7) is 6.05. The van der Waals surface area contributed by atoms with Gasteiger partial charge in [0.1, 0.15) is 11.6 Å². The highest BCUT2D eigenvalue weighted by Gasteiger charge is 2.34. The average Bonchev–Trinajstić information content (AvgIpc) is 3.20. The first-order valence-corrected chi connectivity index (χ1v) is 12.5. The van der Waals surface area contributed by atoms with E-state index < -0.39 is 12.0 Å². The standard InChI is InChI=1S/C27H36FN5O4/c1-16-13-32(17(2)12-31(16)14-18-6-8-19(28)9-7-18)26(35)21-10-20-22(25(34)27(36)30(3)4)15-33(29)23(20)11-24(21)37-5/h6,8,10-11,15-17,25,34H,7,9,12-14,29H2,1-5H3/t16-,17+,25?/m0/s1. The van der Waals surface area contributed by atoms with Crippen LogP contribution in [0.1, 0.15) is 48.7 Å². The number of hydrogen-bond acceptors (Lipinski definition) is 6. The van der Waals surface area contributed by atoms with Crippen LogP contribution in [0.3, 0.4) is 0 Å². The summed E-state index contributed by atoms with van der Waals surface area (Å²) in [5.74, 6) is 5.72. The number of aliphatic hydroxyl groups excluding tert-OH is 1. The molecule has 0 bridgehead atoms. The molecule has 0 radical (unpaired) electrons. The van der Waals surface area contributed by atoms with Crippen molar-refractivity contribution in [2.45, 2.75) is 44.9 Å². The number of aliphatic hydroxyl groups is 1. The van der Waals surface area contributed by atoms with Gasteiger partial charge in [-0.25, -0.2) is 4.39 Å². The summed E-state index contributed by atoms with van der Waals surface area (Å²) < 4.78 is 20.3. The number of rotatable bonds is 6. The first-order valence-electron chi connectivity index (χ1n) is 12.5. The first-order chi connectivity index (χ1) is 17.5. The molecule has 0 saturated carbocycles. The van der Waals surface area contributed by atoms with Gasteiger partial charge in [-0.1, -0.05) is 11.6 Å². The van der Waals surface area contributed by atoms with Gasteiger partial charge < -0.3 is 25.5 Å². The summed E-state index contributed by atoms with van der Waals surface area (Å²) in [6, 6.07) is 3.34. The molecule has 10 heteroatoms. The Morgan fingerprint density at radius 2 is 1.92 bits per heavy atom. The maximum absolute atomic E-state index is 13.8. The molecule has 2 heterocycles. The molecule has 1 fully saturated rings. The van der Waals surface area contributed by atoms with Crippen LogP contribution in [-0.2, 0) is 4.79 Å². The molecule has 4 rings (SSSR count). The summed E-state index contributed by atoms with van der Waals surface area (Å²) in [5.41, 5.74) is 2.39. The minimum absolute atomic E-state index is 0.0694. The Kier molecular flexibility index (Phi) is 7.61. The van der Waals surface area contributed by atoms with E-state index in [1.807, 2.05) is 17.9 Å².